The number of hydrogen-bond donors (Lipinski definition) is 6. The van der Waals surface area contributed by atoms with Crippen LogP contribution < -0.4 is 21.3 Å². The van der Waals surface area contributed by atoms with Gasteiger partial charge in [0, 0.05) is 42.9 Å². The number of carbonyl (C=O) groups is 5. The fraction of sp³-hybridized carbons (Fsp3) is 0.342. The summed E-state index contributed by atoms with van der Waals surface area (Å²) in [4.78, 5) is 67.5. The van der Waals surface area contributed by atoms with Gasteiger partial charge >= 0.3 is 12.1 Å². The van der Waals surface area contributed by atoms with Gasteiger partial charge in [-0.2, -0.15) is 0 Å². The number of H-pyrrole nitrogens is 1. The first kappa shape index (κ1) is 37.2. The molecular weight excluding hydrogens is 638 g/mol. The minimum atomic E-state index is -1.14. The average molecular weight is 684 g/mol. The van der Waals surface area contributed by atoms with Crippen molar-refractivity contribution < 1.29 is 33.8 Å². The van der Waals surface area contributed by atoms with E-state index in [0.29, 0.717) is 6.42 Å². The Morgan fingerprint density at radius 2 is 1.32 bits per heavy atom. The lowest BCUT2D eigenvalue weighted by Crippen LogP contribution is -2.56. The maximum atomic E-state index is 13.9. The fourth-order valence-corrected chi connectivity index (χ4v) is 5.44. The largest absolute Gasteiger partial charge is 0.481 e. The van der Waals surface area contributed by atoms with E-state index in [0.717, 1.165) is 27.6 Å². The van der Waals surface area contributed by atoms with E-state index in [-0.39, 0.29) is 25.8 Å². The summed E-state index contributed by atoms with van der Waals surface area (Å²) in [6.45, 7) is 5.33. The van der Waals surface area contributed by atoms with Gasteiger partial charge < -0.3 is 36.1 Å². The molecule has 0 saturated carbocycles. The Kier molecular flexibility index (Phi) is 13.1. The number of para-hydroxylation sites is 1. The number of carbonyl (C=O) groups excluding carboxylic acids is 4. The highest BCUT2D eigenvalue weighted by Gasteiger charge is 2.29. The number of hydrogen-bond acceptors (Lipinski definition) is 6. The molecule has 12 heteroatoms. The maximum absolute atomic E-state index is 13.9. The molecule has 0 saturated heterocycles. The van der Waals surface area contributed by atoms with Gasteiger partial charge in [0.2, 0.25) is 17.7 Å². The Bertz CT molecular complexity index is 1750. The standard InChI is InChI=1S/C38H45N5O7/c1-38(2,3)50-37(49)41-28(20-25-12-6-4-7-13-25)24-40-35(47)31(21-26-14-8-5-9-15-26)43-36(48)32(42-33(44)18-19-34(45)46)22-27-23-39-30-17-11-10-16-29(27)30/h4-17,23,28,31-32,39H,18-22,24H2,1-3H3,(H,40,47)(H,41,49)(H,42,44)(H,43,48)(H,45,46)/t28-,31+,32+/m1/s1. The lowest BCUT2D eigenvalue weighted by Gasteiger charge is -2.26. The summed E-state index contributed by atoms with van der Waals surface area (Å²) in [6.07, 6.45) is 1.07. The molecular formula is C38H45N5O7. The average Bonchev–Trinajstić information content (AvgIpc) is 3.48. The van der Waals surface area contributed by atoms with E-state index in [4.69, 9.17) is 9.84 Å². The molecule has 12 nitrogen and oxygen atoms in total. The van der Waals surface area contributed by atoms with Crippen LogP contribution in [0.4, 0.5) is 4.79 Å². The van der Waals surface area contributed by atoms with E-state index >= 15 is 0 Å². The molecule has 0 spiro atoms. The molecule has 1 heterocycles. The van der Waals surface area contributed by atoms with Crippen LogP contribution in [0.1, 0.15) is 50.3 Å². The zero-order valence-electron chi connectivity index (χ0n) is 28.5. The number of benzene rings is 3. The van der Waals surface area contributed by atoms with Crippen molar-refractivity contribution >= 4 is 40.7 Å². The van der Waals surface area contributed by atoms with E-state index in [2.05, 4.69) is 26.3 Å². The smallest absolute Gasteiger partial charge is 0.407 e. The molecule has 0 unspecified atom stereocenters. The lowest BCUT2D eigenvalue weighted by atomic mass is 10.0. The van der Waals surface area contributed by atoms with Gasteiger partial charge in [-0.05, 0) is 49.9 Å². The molecule has 0 aliphatic carbocycles. The summed E-state index contributed by atoms with van der Waals surface area (Å²) in [5.41, 5.74) is 2.63. The van der Waals surface area contributed by atoms with Crippen molar-refractivity contribution in [3.8, 4) is 0 Å². The Morgan fingerprint density at radius 3 is 1.96 bits per heavy atom. The number of aromatic amines is 1. The summed E-state index contributed by atoms with van der Waals surface area (Å²) < 4.78 is 5.46. The first-order chi connectivity index (χ1) is 23.9. The van der Waals surface area contributed by atoms with Crippen molar-refractivity contribution in [2.45, 2.75) is 76.6 Å². The minimum absolute atomic E-state index is 0.0405. The lowest BCUT2D eigenvalue weighted by molar-refractivity contribution is -0.139. The number of ether oxygens (including phenoxy) is 1. The highest BCUT2D eigenvalue weighted by atomic mass is 16.6. The third-order valence-electron chi connectivity index (χ3n) is 7.80. The van der Waals surface area contributed by atoms with Crippen molar-refractivity contribution in [2.75, 3.05) is 6.54 Å². The zero-order chi connectivity index (χ0) is 36.1. The van der Waals surface area contributed by atoms with Crippen LogP contribution in [-0.4, -0.2) is 70.1 Å². The third-order valence-corrected chi connectivity index (χ3v) is 7.80. The SMILES string of the molecule is CC(C)(C)OC(=O)N[C@@H](CNC(=O)[C@H](Cc1ccccc1)NC(=O)[C@H](Cc1c[nH]c2ccccc12)NC(=O)CCC(=O)O)Cc1ccccc1. The minimum Gasteiger partial charge on any atom is -0.481 e. The number of carboxylic acid groups (broad SMARTS) is 1. The van der Waals surface area contributed by atoms with Gasteiger partial charge in [0.05, 0.1) is 12.5 Å². The molecule has 0 fully saturated rings. The van der Waals surface area contributed by atoms with Crippen molar-refractivity contribution in [1.29, 1.82) is 0 Å². The van der Waals surface area contributed by atoms with E-state index in [1.807, 2.05) is 84.9 Å². The highest BCUT2D eigenvalue weighted by Crippen LogP contribution is 2.19. The number of aliphatic carboxylic acids is 1. The van der Waals surface area contributed by atoms with Gasteiger partial charge in [-0.25, -0.2) is 4.79 Å². The van der Waals surface area contributed by atoms with Crippen molar-refractivity contribution in [3.63, 3.8) is 0 Å². The van der Waals surface area contributed by atoms with Crippen LogP contribution in [0.3, 0.4) is 0 Å². The Labute approximate surface area is 291 Å². The van der Waals surface area contributed by atoms with Gasteiger partial charge in [-0.1, -0.05) is 78.9 Å². The molecule has 4 rings (SSSR count). The number of carboxylic acids is 1. The second-order valence-electron chi connectivity index (χ2n) is 13.1. The van der Waals surface area contributed by atoms with Crippen LogP contribution in [0.2, 0.25) is 0 Å². The Hall–Kier alpha value is -5.65. The number of amides is 4. The zero-order valence-corrected chi connectivity index (χ0v) is 28.5. The first-order valence-corrected chi connectivity index (χ1v) is 16.6. The van der Waals surface area contributed by atoms with Crippen LogP contribution >= 0.6 is 0 Å². The second-order valence-corrected chi connectivity index (χ2v) is 13.1. The topological polar surface area (TPSA) is 179 Å². The number of aromatic nitrogens is 1. The highest BCUT2D eigenvalue weighted by molar-refractivity contribution is 5.93. The molecule has 0 radical (unpaired) electrons. The molecule has 4 amide bonds. The quantitative estimate of drug-likeness (QED) is 0.103. The molecule has 50 heavy (non-hydrogen) atoms. The second kappa shape index (κ2) is 17.7. The van der Waals surface area contributed by atoms with Crippen LogP contribution in [0.5, 0.6) is 0 Å². The van der Waals surface area contributed by atoms with E-state index < -0.39 is 59.9 Å². The van der Waals surface area contributed by atoms with E-state index in [9.17, 15) is 24.0 Å². The maximum Gasteiger partial charge on any atom is 0.407 e. The van der Waals surface area contributed by atoms with Crippen LogP contribution in [-0.2, 0) is 43.2 Å². The van der Waals surface area contributed by atoms with E-state index in [1.165, 1.54) is 0 Å². The third kappa shape index (κ3) is 12.1. The predicted molar refractivity (Wildman–Crippen MR) is 189 cm³/mol. The van der Waals surface area contributed by atoms with Gasteiger partial charge in [0.1, 0.15) is 17.7 Å². The molecule has 4 aromatic rings. The van der Waals surface area contributed by atoms with E-state index in [1.54, 1.807) is 27.0 Å². The van der Waals surface area contributed by atoms with Gasteiger partial charge in [-0.15, -0.1) is 0 Å². The van der Waals surface area contributed by atoms with Crippen LogP contribution in [0.15, 0.2) is 91.1 Å². The molecule has 0 aliphatic rings. The normalized spacial score (nSPS) is 13.0. The summed E-state index contributed by atoms with van der Waals surface area (Å²) in [5, 5.41) is 21.2. The van der Waals surface area contributed by atoms with Gasteiger partial charge in [-0.3, -0.25) is 19.2 Å². The van der Waals surface area contributed by atoms with Crippen molar-refractivity contribution in [1.82, 2.24) is 26.3 Å². The number of rotatable bonds is 16. The summed E-state index contributed by atoms with van der Waals surface area (Å²) in [6, 6.07) is 23.5. The van der Waals surface area contributed by atoms with Crippen molar-refractivity contribution in [3.05, 3.63) is 108 Å². The fourth-order valence-electron chi connectivity index (χ4n) is 5.44. The molecule has 0 aliphatic heterocycles. The molecule has 0 bridgehead atoms. The number of alkyl carbamates (subject to hydrolysis) is 1. The first-order valence-electron chi connectivity index (χ1n) is 16.6. The summed E-state index contributed by atoms with van der Waals surface area (Å²) in [7, 11) is 0. The molecule has 3 atom stereocenters. The predicted octanol–water partition coefficient (Wildman–Crippen LogP) is 4.04. The summed E-state index contributed by atoms with van der Waals surface area (Å²) >= 11 is 0. The molecule has 264 valence electrons. The number of fused-ring (bicyclic) bond motifs is 1. The van der Waals surface area contributed by atoms with Gasteiger partial charge in [0.25, 0.3) is 0 Å². The Morgan fingerprint density at radius 1 is 0.720 bits per heavy atom. The summed E-state index contributed by atoms with van der Waals surface area (Å²) in [5.74, 6) is -2.84. The van der Waals surface area contributed by atoms with Crippen LogP contribution in [0.25, 0.3) is 10.9 Å². The molecule has 3 aromatic carbocycles. The Balaban J connectivity index is 1.54. The van der Waals surface area contributed by atoms with Gasteiger partial charge in [0.15, 0.2) is 0 Å². The monoisotopic (exact) mass is 683 g/mol. The molecule has 6 N–H and O–H groups in total. The van der Waals surface area contributed by atoms with Crippen LogP contribution in [0, 0.1) is 0 Å². The molecule has 1 aromatic heterocycles. The van der Waals surface area contributed by atoms with Crippen molar-refractivity contribution in [2.24, 2.45) is 0 Å². The number of nitrogens with one attached hydrogen (secondary N) is 5.